The van der Waals surface area contributed by atoms with Crippen molar-refractivity contribution in [1.29, 1.82) is 0 Å². The first kappa shape index (κ1) is 32.7. The molecule has 11 heteroatoms. The molecule has 0 aromatic heterocycles. The lowest BCUT2D eigenvalue weighted by atomic mass is 9.62. The number of rotatable bonds is 6. The number of anilines is 1. The van der Waals surface area contributed by atoms with Crippen LogP contribution in [0.5, 0.6) is 0 Å². The van der Waals surface area contributed by atoms with E-state index in [0.29, 0.717) is 48.4 Å². The van der Waals surface area contributed by atoms with Crippen LogP contribution < -0.4 is 21.7 Å². The molecule has 1 aliphatic carbocycles. The van der Waals surface area contributed by atoms with Gasteiger partial charge in [0.25, 0.3) is 0 Å². The number of esters is 1. The Kier molecular flexibility index (Phi) is 8.83. The smallest absolute Gasteiger partial charge is 0.325 e. The molecule has 0 unspecified atom stereocenters. The van der Waals surface area contributed by atoms with Gasteiger partial charge in [-0.2, -0.15) is 0 Å². The van der Waals surface area contributed by atoms with Gasteiger partial charge in [0.1, 0.15) is 22.9 Å². The number of carbonyl (C=O) groups excluding carboxylic acids is 3. The van der Waals surface area contributed by atoms with Crippen molar-refractivity contribution in [3.05, 3.63) is 63.4 Å². The number of benzene rings is 2. The number of nitrogens with two attached hydrogens (primary N) is 1. The van der Waals surface area contributed by atoms with E-state index in [1.807, 2.05) is 0 Å². The summed E-state index contributed by atoms with van der Waals surface area (Å²) in [4.78, 5) is 40.8. The average Bonchev–Trinajstić information content (AvgIpc) is 3.39. The molecule has 0 radical (unpaired) electrons. The maximum absolute atomic E-state index is 16.0. The summed E-state index contributed by atoms with van der Waals surface area (Å²) < 4.78 is 21.5. The van der Waals surface area contributed by atoms with Crippen LogP contribution >= 0.6 is 23.2 Å². The van der Waals surface area contributed by atoms with Gasteiger partial charge < -0.3 is 26.4 Å². The molecule has 238 valence electrons. The third-order valence-corrected chi connectivity index (χ3v) is 9.57. The predicted octanol–water partition coefficient (Wildman–Crippen LogP) is 5.59. The van der Waals surface area contributed by atoms with Crippen LogP contribution in [-0.2, 0) is 24.5 Å². The molecule has 2 amide bonds. The second-order valence-electron chi connectivity index (χ2n) is 14.2. The summed E-state index contributed by atoms with van der Waals surface area (Å²) in [5.41, 5.74) is 4.64. The number of carbonyl (C=O) groups is 3. The number of hydrogen-bond acceptors (Lipinski definition) is 6. The first-order valence-corrected chi connectivity index (χ1v) is 15.9. The van der Waals surface area contributed by atoms with Gasteiger partial charge in [-0.25, -0.2) is 4.39 Å². The van der Waals surface area contributed by atoms with Gasteiger partial charge in [-0.3, -0.25) is 14.4 Å². The van der Waals surface area contributed by atoms with Crippen molar-refractivity contribution in [2.24, 2.45) is 11.1 Å². The minimum Gasteiger partial charge on any atom is -0.461 e. The first-order valence-electron chi connectivity index (χ1n) is 15.1. The van der Waals surface area contributed by atoms with Crippen LogP contribution in [0, 0.1) is 11.2 Å². The van der Waals surface area contributed by atoms with Crippen molar-refractivity contribution in [2.45, 2.75) is 108 Å². The van der Waals surface area contributed by atoms with Gasteiger partial charge in [0, 0.05) is 28.7 Å². The quantitative estimate of drug-likeness (QED) is 0.304. The third-order valence-electron chi connectivity index (χ3n) is 9.04. The molecular formula is C33H41Cl2FN4O4. The van der Waals surface area contributed by atoms with Gasteiger partial charge >= 0.3 is 5.97 Å². The second-order valence-corrected chi connectivity index (χ2v) is 15.0. The third kappa shape index (κ3) is 6.08. The summed E-state index contributed by atoms with van der Waals surface area (Å²) in [5.74, 6) is -2.68. The number of ether oxygens (including phenoxy) is 1. The van der Waals surface area contributed by atoms with Crippen molar-refractivity contribution in [3.63, 3.8) is 0 Å². The SMILES string of the molecule is CC(C)(C)C[C@H]1N[C@@H](C(=O)NC2CCC(OC(=O)C(C)(C)N)CC2)[C@H](c2cccc(Cl)c2F)[C@@]12C(=O)Nc1cc(Cl)ccc12. The summed E-state index contributed by atoms with van der Waals surface area (Å²) >= 11 is 12.6. The molecule has 5 rings (SSSR count). The highest BCUT2D eigenvalue weighted by Gasteiger charge is 2.66. The highest BCUT2D eigenvalue weighted by Crippen LogP contribution is 2.57. The lowest BCUT2D eigenvalue weighted by molar-refractivity contribution is -0.156. The molecular weight excluding hydrogens is 606 g/mol. The second kappa shape index (κ2) is 11.9. The number of hydrogen-bond donors (Lipinski definition) is 4. The molecule has 5 N–H and O–H groups in total. The van der Waals surface area contributed by atoms with E-state index in [-0.39, 0.29) is 40.0 Å². The standard InChI is InChI=1S/C33H41Cl2FN4O4/c1-31(2,3)16-24-33(21-14-9-17(34)15-23(21)39-29(33)42)25(20-7-6-8-22(35)26(20)36)27(40-24)28(41)38-18-10-12-19(13-11-18)44-30(43)32(4,5)37/h6-9,14-15,18-19,24-25,27,40H,10-13,16,37H2,1-5H3,(H,38,41)(H,39,42)/t18?,19?,24-,25+,27-,33+/m1/s1. The van der Waals surface area contributed by atoms with Crippen LogP contribution in [0.1, 0.15) is 83.8 Å². The Morgan fingerprint density at radius 3 is 2.41 bits per heavy atom. The average molecular weight is 648 g/mol. The number of nitrogens with one attached hydrogen (secondary N) is 3. The number of halogens is 3. The van der Waals surface area contributed by atoms with Gasteiger partial charge in [-0.15, -0.1) is 0 Å². The first-order chi connectivity index (χ1) is 20.5. The predicted molar refractivity (Wildman–Crippen MR) is 169 cm³/mol. The number of fused-ring (bicyclic) bond motifs is 2. The molecule has 4 atom stereocenters. The minimum absolute atomic E-state index is 0.0839. The molecule has 1 spiro atoms. The van der Waals surface area contributed by atoms with Gasteiger partial charge in [0.2, 0.25) is 11.8 Å². The largest absolute Gasteiger partial charge is 0.461 e. The topological polar surface area (TPSA) is 123 Å². The molecule has 2 aromatic rings. The molecule has 44 heavy (non-hydrogen) atoms. The summed E-state index contributed by atoms with van der Waals surface area (Å²) in [7, 11) is 0. The Labute approximate surface area is 267 Å². The van der Waals surface area contributed by atoms with Crippen LogP contribution in [-0.4, -0.2) is 47.6 Å². The van der Waals surface area contributed by atoms with Gasteiger partial charge in [-0.05, 0) is 80.7 Å². The summed E-state index contributed by atoms with van der Waals surface area (Å²) in [6.45, 7) is 9.41. The van der Waals surface area contributed by atoms with Gasteiger partial charge in [0.15, 0.2) is 0 Å². The van der Waals surface area contributed by atoms with Crippen LogP contribution in [0.15, 0.2) is 36.4 Å². The van der Waals surface area contributed by atoms with E-state index in [0.717, 1.165) is 0 Å². The Bertz CT molecular complexity index is 1460. The normalized spacial score (nSPS) is 28.5. The Morgan fingerprint density at radius 2 is 1.77 bits per heavy atom. The van der Waals surface area contributed by atoms with Crippen molar-refractivity contribution in [3.8, 4) is 0 Å². The van der Waals surface area contributed by atoms with Crippen LogP contribution in [0.4, 0.5) is 10.1 Å². The molecule has 1 saturated heterocycles. The van der Waals surface area contributed by atoms with Gasteiger partial charge in [-0.1, -0.05) is 62.2 Å². The number of amides is 2. The molecule has 1 saturated carbocycles. The zero-order valence-corrected chi connectivity index (χ0v) is 27.2. The van der Waals surface area contributed by atoms with Crippen molar-refractivity contribution in [2.75, 3.05) is 5.32 Å². The van der Waals surface area contributed by atoms with E-state index >= 15 is 4.39 Å². The van der Waals surface area contributed by atoms with E-state index in [1.54, 1.807) is 44.2 Å². The van der Waals surface area contributed by atoms with E-state index in [9.17, 15) is 14.4 Å². The Morgan fingerprint density at radius 1 is 1.09 bits per heavy atom. The molecule has 2 aromatic carbocycles. The lowest BCUT2D eigenvalue weighted by Gasteiger charge is -2.38. The minimum atomic E-state index is -1.32. The highest BCUT2D eigenvalue weighted by molar-refractivity contribution is 6.31. The molecule has 0 bridgehead atoms. The zero-order valence-electron chi connectivity index (χ0n) is 25.7. The van der Waals surface area contributed by atoms with E-state index in [2.05, 4.69) is 36.7 Å². The highest BCUT2D eigenvalue weighted by atomic mass is 35.5. The summed E-state index contributed by atoms with van der Waals surface area (Å²) in [6.07, 6.45) is 2.58. The summed E-state index contributed by atoms with van der Waals surface area (Å²) in [5, 5.41) is 10.0. The fourth-order valence-corrected chi connectivity index (χ4v) is 7.43. The molecule has 8 nitrogen and oxygen atoms in total. The Hall–Kier alpha value is -2.72. The van der Waals surface area contributed by atoms with E-state index < -0.39 is 40.7 Å². The van der Waals surface area contributed by atoms with Crippen molar-refractivity contribution >= 4 is 46.7 Å². The Balaban J connectivity index is 1.51. The van der Waals surface area contributed by atoms with E-state index in [4.69, 9.17) is 33.7 Å². The maximum atomic E-state index is 16.0. The maximum Gasteiger partial charge on any atom is 0.325 e. The fraction of sp³-hybridized carbons (Fsp3) is 0.545. The lowest BCUT2D eigenvalue weighted by Crippen LogP contribution is -2.50. The van der Waals surface area contributed by atoms with Crippen molar-refractivity contribution in [1.82, 2.24) is 10.6 Å². The zero-order chi connectivity index (χ0) is 32.2. The molecule has 2 heterocycles. The van der Waals surface area contributed by atoms with Crippen LogP contribution in [0.3, 0.4) is 0 Å². The molecule has 3 aliphatic rings. The van der Waals surface area contributed by atoms with Crippen LogP contribution in [0.2, 0.25) is 10.0 Å². The molecule has 2 fully saturated rings. The monoisotopic (exact) mass is 646 g/mol. The molecule has 2 aliphatic heterocycles. The van der Waals surface area contributed by atoms with Crippen molar-refractivity contribution < 1.29 is 23.5 Å². The summed E-state index contributed by atoms with van der Waals surface area (Å²) in [6, 6.07) is 8.26. The van der Waals surface area contributed by atoms with Gasteiger partial charge in [0.05, 0.1) is 11.1 Å². The fourth-order valence-electron chi connectivity index (χ4n) is 7.07. The van der Waals surface area contributed by atoms with E-state index in [1.165, 1.54) is 6.07 Å². The van der Waals surface area contributed by atoms with Crippen LogP contribution in [0.25, 0.3) is 0 Å².